The van der Waals surface area contributed by atoms with Gasteiger partial charge in [0, 0.05) is 12.4 Å². The minimum Gasteiger partial charge on any atom is -0.312 e. The summed E-state index contributed by atoms with van der Waals surface area (Å²) in [5.41, 5.74) is 0.895. The number of thiazole rings is 1. The summed E-state index contributed by atoms with van der Waals surface area (Å²) >= 11 is 4.39. The number of aryl methyl sites for hydroxylation is 1. The quantitative estimate of drug-likeness (QED) is 0.725. The topological polar surface area (TPSA) is 72.7 Å². The van der Waals surface area contributed by atoms with Crippen molar-refractivity contribution in [2.75, 3.05) is 11.1 Å². The Morgan fingerprint density at radius 2 is 2.38 bits per heavy atom. The van der Waals surface area contributed by atoms with E-state index in [0.29, 0.717) is 10.3 Å². The van der Waals surface area contributed by atoms with E-state index in [0.717, 1.165) is 10.6 Å². The molecule has 6 nitrogen and oxygen atoms in total. The van der Waals surface area contributed by atoms with Crippen molar-refractivity contribution in [3.63, 3.8) is 0 Å². The summed E-state index contributed by atoms with van der Waals surface area (Å²) < 4.78 is 1.77. The summed E-state index contributed by atoms with van der Waals surface area (Å²) in [5, 5.41) is 15.8. The minimum atomic E-state index is -0.102. The number of carbonyl (C=O) groups excluding carboxylic acids is 1. The lowest BCUT2D eigenvalue weighted by molar-refractivity contribution is -0.113. The maximum atomic E-state index is 11.9. The number of nitrogens with one attached hydrogen (secondary N) is 1. The van der Waals surface area contributed by atoms with Crippen LogP contribution in [0, 0.1) is 0 Å². The highest BCUT2D eigenvalue weighted by Crippen LogP contribution is 2.28. The van der Waals surface area contributed by atoms with E-state index in [-0.39, 0.29) is 11.7 Å². The average Bonchev–Trinajstić information content (AvgIpc) is 3.17. The van der Waals surface area contributed by atoms with Gasteiger partial charge in [-0.15, -0.1) is 32.9 Å². The Kier molecular flexibility index (Phi) is 4.32. The lowest BCUT2D eigenvalue weighted by Crippen LogP contribution is -2.14. The van der Waals surface area contributed by atoms with Gasteiger partial charge in [-0.3, -0.25) is 4.79 Å². The third kappa shape index (κ3) is 3.49. The van der Waals surface area contributed by atoms with Crippen molar-refractivity contribution in [2.45, 2.75) is 5.16 Å². The molecule has 0 unspecified atom stereocenters. The second-order valence-electron chi connectivity index (χ2n) is 4.08. The van der Waals surface area contributed by atoms with Crippen molar-refractivity contribution >= 4 is 45.5 Å². The van der Waals surface area contributed by atoms with Gasteiger partial charge in [-0.2, -0.15) is 0 Å². The molecule has 0 aliphatic heterocycles. The van der Waals surface area contributed by atoms with Crippen LogP contribution in [0.2, 0.25) is 0 Å². The first-order valence-electron chi connectivity index (χ1n) is 5.98. The van der Waals surface area contributed by atoms with Gasteiger partial charge in [-0.1, -0.05) is 17.8 Å². The van der Waals surface area contributed by atoms with Crippen LogP contribution < -0.4 is 5.32 Å². The molecule has 0 fully saturated rings. The summed E-state index contributed by atoms with van der Waals surface area (Å²) in [6, 6.07) is 3.99. The Morgan fingerprint density at radius 1 is 1.48 bits per heavy atom. The molecule has 3 rings (SSSR count). The molecule has 0 radical (unpaired) electrons. The fraction of sp³-hybridized carbons (Fsp3) is 0.167. The first kappa shape index (κ1) is 14.2. The van der Waals surface area contributed by atoms with Gasteiger partial charge in [0.2, 0.25) is 5.91 Å². The molecule has 0 saturated carbocycles. The average molecular weight is 337 g/mol. The molecular formula is C12H11N5OS3. The fourth-order valence-corrected chi connectivity index (χ4v) is 3.73. The highest BCUT2D eigenvalue weighted by molar-refractivity contribution is 7.99. The van der Waals surface area contributed by atoms with E-state index >= 15 is 0 Å². The predicted octanol–water partition coefficient (Wildman–Crippen LogP) is 2.73. The van der Waals surface area contributed by atoms with Crippen molar-refractivity contribution in [1.29, 1.82) is 0 Å². The number of rotatable bonds is 5. The van der Waals surface area contributed by atoms with Crippen molar-refractivity contribution in [3.8, 4) is 10.6 Å². The summed E-state index contributed by atoms with van der Waals surface area (Å²) in [7, 11) is 1.84. The molecule has 0 spiro atoms. The number of anilines is 1. The molecule has 9 heteroatoms. The maximum Gasteiger partial charge on any atom is 0.236 e. The first-order chi connectivity index (χ1) is 10.2. The molecule has 108 valence electrons. The molecule has 21 heavy (non-hydrogen) atoms. The number of hydrogen-bond acceptors (Lipinski definition) is 7. The zero-order chi connectivity index (χ0) is 14.7. The van der Waals surface area contributed by atoms with E-state index in [1.807, 2.05) is 29.9 Å². The smallest absolute Gasteiger partial charge is 0.236 e. The molecule has 1 N–H and O–H groups in total. The van der Waals surface area contributed by atoms with Crippen LogP contribution in [0.3, 0.4) is 0 Å². The van der Waals surface area contributed by atoms with Gasteiger partial charge in [-0.25, -0.2) is 4.98 Å². The van der Waals surface area contributed by atoms with Crippen LogP contribution in [0.25, 0.3) is 10.6 Å². The number of hydrogen-bond donors (Lipinski definition) is 1. The van der Waals surface area contributed by atoms with E-state index < -0.39 is 0 Å². The fourth-order valence-electron chi connectivity index (χ4n) is 1.56. The zero-order valence-electron chi connectivity index (χ0n) is 11.0. The Labute approximate surface area is 133 Å². The third-order valence-electron chi connectivity index (χ3n) is 2.53. The van der Waals surface area contributed by atoms with Gasteiger partial charge in [0.15, 0.2) is 10.3 Å². The summed E-state index contributed by atoms with van der Waals surface area (Å²) in [6.07, 6.45) is 1.61. The molecule has 0 saturated heterocycles. The van der Waals surface area contributed by atoms with E-state index in [2.05, 4.69) is 20.5 Å². The van der Waals surface area contributed by atoms with E-state index in [9.17, 15) is 4.79 Å². The van der Waals surface area contributed by atoms with Crippen LogP contribution in [0.1, 0.15) is 0 Å². The lowest BCUT2D eigenvalue weighted by Gasteiger charge is -2.01. The van der Waals surface area contributed by atoms with Crippen molar-refractivity contribution < 1.29 is 4.79 Å². The largest absolute Gasteiger partial charge is 0.312 e. The van der Waals surface area contributed by atoms with Crippen molar-refractivity contribution in [1.82, 2.24) is 19.7 Å². The van der Waals surface area contributed by atoms with Crippen LogP contribution in [-0.2, 0) is 11.8 Å². The van der Waals surface area contributed by atoms with Gasteiger partial charge >= 0.3 is 0 Å². The van der Waals surface area contributed by atoms with E-state index in [4.69, 9.17) is 0 Å². The van der Waals surface area contributed by atoms with Gasteiger partial charge in [0.25, 0.3) is 0 Å². The first-order valence-corrected chi connectivity index (χ1v) is 8.73. The summed E-state index contributed by atoms with van der Waals surface area (Å²) in [4.78, 5) is 17.4. The van der Waals surface area contributed by atoms with Gasteiger partial charge < -0.3 is 9.88 Å². The van der Waals surface area contributed by atoms with E-state index in [1.165, 1.54) is 23.1 Å². The van der Waals surface area contributed by atoms with Gasteiger partial charge in [0.05, 0.1) is 16.3 Å². The third-order valence-corrected chi connectivity index (χ3v) is 5.21. The second kappa shape index (κ2) is 6.37. The van der Waals surface area contributed by atoms with Gasteiger partial charge in [0.1, 0.15) is 6.33 Å². The van der Waals surface area contributed by atoms with E-state index in [1.54, 1.807) is 22.2 Å². The summed E-state index contributed by atoms with van der Waals surface area (Å²) in [6.45, 7) is 0. The second-order valence-corrected chi connectivity index (χ2v) is 6.82. The SMILES string of the molecule is Cn1cnnc1SCC(=O)Nc1nc(-c2cccs2)cs1. The Balaban J connectivity index is 1.57. The summed E-state index contributed by atoms with van der Waals surface area (Å²) in [5.74, 6) is 0.176. The Morgan fingerprint density at radius 3 is 3.10 bits per heavy atom. The number of carbonyl (C=O) groups is 1. The molecule has 0 atom stereocenters. The van der Waals surface area contributed by atoms with Crippen LogP contribution in [0.15, 0.2) is 34.4 Å². The standard InChI is InChI=1S/C12H11N5OS3/c1-17-7-13-16-12(17)21-6-10(18)15-11-14-8(5-20-11)9-3-2-4-19-9/h2-5,7H,6H2,1H3,(H,14,15,18). The molecule has 3 aromatic rings. The number of nitrogens with zero attached hydrogens (tertiary/aromatic N) is 4. The zero-order valence-corrected chi connectivity index (χ0v) is 13.5. The number of aromatic nitrogens is 4. The number of amides is 1. The highest BCUT2D eigenvalue weighted by atomic mass is 32.2. The van der Waals surface area contributed by atoms with Crippen molar-refractivity contribution in [3.05, 3.63) is 29.2 Å². The minimum absolute atomic E-state index is 0.102. The molecule has 0 aliphatic carbocycles. The molecule has 0 aromatic carbocycles. The van der Waals surface area contributed by atoms with Crippen LogP contribution in [0.5, 0.6) is 0 Å². The molecule has 1 amide bonds. The predicted molar refractivity (Wildman–Crippen MR) is 85.8 cm³/mol. The van der Waals surface area contributed by atoms with Crippen LogP contribution in [0.4, 0.5) is 5.13 Å². The Bertz CT molecular complexity index is 734. The molecule has 3 aromatic heterocycles. The normalized spacial score (nSPS) is 10.7. The monoisotopic (exact) mass is 337 g/mol. The van der Waals surface area contributed by atoms with Crippen LogP contribution in [-0.4, -0.2) is 31.4 Å². The maximum absolute atomic E-state index is 11.9. The lowest BCUT2D eigenvalue weighted by atomic mass is 10.4. The molecule has 3 heterocycles. The molecule has 0 bridgehead atoms. The number of thioether (sulfide) groups is 1. The highest BCUT2D eigenvalue weighted by Gasteiger charge is 2.10. The van der Waals surface area contributed by atoms with Crippen LogP contribution >= 0.6 is 34.4 Å². The van der Waals surface area contributed by atoms with Gasteiger partial charge in [-0.05, 0) is 11.4 Å². The number of thiophene rings is 1. The Hall–Kier alpha value is -1.71. The van der Waals surface area contributed by atoms with Crippen molar-refractivity contribution in [2.24, 2.45) is 7.05 Å². The molecule has 0 aliphatic rings. The molecular weight excluding hydrogens is 326 g/mol.